The fourth-order valence-electron chi connectivity index (χ4n) is 3.54. The number of amides is 1. The normalized spacial score (nSPS) is 25.7. The number of amidine groups is 1. The number of nitrogens with one attached hydrogen (secondary N) is 3. The van der Waals surface area contributed by atoms with Crippen LogP contribution in [-0.4, -0.2) is 58.5 Å². The molecule has 1 saturated heterocycles. The molecular weight excluding hydrogens is 368 g/mol. The molecule has 0 aliphatic carbocycles. The fourth-order valence-corrected chi connectivity index (χ4v) is 4.68. The third-order valence-electron chi connectivity index (χ3n) is 4.58. The van der Waals surface area contributed by atoms with Crippen LogP contribution in [0.3, 0.4) is 0 Å². The zero-order chi connectivity index (χ0) is 19.4. The summed E-state index contributed by atoms with van der Waals surface area (Å²) in [6.45, 7) is 6.53. The Labute approximate surface area is 160 Å². The van der Waals surface area contributed by atoms with Gasteiger partial charge in [-0.1, -0.05) is 6.07 Å². The number of quaternary nitrogens is 1. The van der Waals surface area contributed by atoms with Crippen LogP contribution in [0.1, 0.15) is 26.7 Å². The largest absolute Gasteiger partial charge is 0.364 e. The van der Waals surface area contributed by atoms with Crippen molar-refractivity contribution in [3.05, 3.63) is 24.3 Å². The molecule has 3 N–H and O–H groups in total. The van der Waals surface area contributed by atoms with Crippen molar-refractivity contribution in [2.75, 3.05) is 31.5 Å². The molecule has 3 atom stereocenters. The van der Waals surface area contributed by atoms with Crippen LogP contribution >= 0.6 is 0 Å². The van der Waals surface area contributed by atoms with E-state index in [2.05, 4.69) is 15.0 Å². The lowest BCUT2D eigenvalue weighted by Crippen LogP contribution is -3.16. The van der Waals surface area contributed by atoms with Gasteiger partial charge in [-0.25, -0.2) is 8.42 Å². The van der Waals surface area contributed by atoms with Crippen LogP contribution in [0.2, 0.25) is 0 Å². The van der Waals surface area contributed by atoms with Crippen molar-refractivity contribution >= 4 is 27.5 Å². The summed E-state index contributed by atoms with van der Waals surface area (Å²) in [7, 11) is -3.70. The lowest BCUT2D eigenvalue weighted by molar-refractivity contribution is -0.907. The van der Waals surface area contributed by atoms with Crippen molar-refractivity contribution in [3.8, 4) is 0 Å². The van der Waals surface area contributed by atoms with Gasteiger partial charge in [0.2, 0.25) is 0 Å². The van der Waals surface area contributed by atoms with Crippen molar-refractivity contribution in [1.29, 1.82) is 0 Å². The third kappa shape index (κ3) is 5.50. The van der Waals surface area contributed by atoms with E-state index in [9.17, 15) is 13.2 Å². The van der Waals surface area contributed by atoms with E-state index in [4.69, 9.17) is 4.74 Å². The summed E-state index contributed by atoms with van der Waals surface area (Å²) < 4.78 is 33.2. The van der Waals surface area contributed by atoms with Gasteiger partial charge < -0.3 is 15.0 Å². The molecule has 1 aromatic carbocycles. The van der Waals surface area contributed by atoms with E-state index in [0.29, 0.717) is 31.0 Å². The van der Waals surface area contributed by atoms with Crippen LogP contribution in [-0.2, 0) is 19.6 Å². The Morgan fingerprint density at radius 3 is 2.70 bits per heavy atom. The van der Waals surface area contributed by atoms with E-state index in [1.807, 2.05) is 13.8 Å². The SMILES string of the molecule is C[C@@H]1C[NH+](CC(=O)Nc2cccc(S(=O)(=O)NC3=NCCC3)c2)C[C@H](C)O1. The monoisotopic (exact) mass is 395 g/mol. The first-order valence-corrected chi connectivity index (χ1v) is 10.8. The Kier molecular flexibility index (Phi) is 6.13. The van der Waals surface area contributed by atoms with Gasteiger partial charge in [0.1, 0.15) is 31.1 Å². The molecule has 1 fully saturated rings. The number of morpholine rings is 1. The minimum Gasteiger partial charge on any atom is -0.364 e. The second kappa shape index (κ2) is 8.37. The highest BCUT2D eigenvalue weighted by molar-refractivity contribution is 7.90. The van der Waals surface area contributed by atoms with Gasteiger partial charge in [-0.2, -0.15) is 0 Å². The van der Waals surface area contributed by atoms with E-state index < -0.39 is 10.0 Å². The standard InChI is InChI=1S/C18H26N4O4S/c1-13-10-22(11-14(2)26-13)12-18(23)20-15-5-3-6-16(9-15)27(24,25)21-17-7-4-8-19-17/h3,5-6,9,13-14H,4,7-8,10-12H2,1-2H3,(H,19,21)(H,20,23)/p+1/t13-,14+. The average molecular weight is 396 g/mol. The van der Waals surface area contributed by atoms with Gasteiger partial charge in [0.15, 0.2) is 6.54 Å². The van der Waals surface area contributed by atoms with Crippen molar-refractivity contribution < 1.29 is 22.8 Å². The molecule has 1 aromatic rings. The number of benzene rings is 1. The smallest absolute Gasteiger partial charge is 0.279 e. The van der Waals surface area contributed by atoms with Gasteiger partial charge >= 0.3 is 0 Å². The molecule has 0 radical (unpaired) electrons. The number of nitrogens with zero attached hydrogens (tertiary/aromatic N) is 1. The minimum absolute atomic E-state index is 0.107. The van der Waals surface area contributed by atoms with Gasteiger partial charge in [-0.05, 0) is 38.5 Å². The molecule has 0 bridgehead atoms. The van der Waals surface area contributed by atoms with E-state index in [1.54, 1.807) is 12.1 Å². The van der Waals surface area contributed by atoms with Crippen LogP contribution in [0.15, 0.2) is 34.2 Å². The summed E-state index contributed by atoms with van der Waals surface area (Å²) in [5.74, 6) is 0.345. The number of ether oxygens (including phenoxy) is 1. The Hall–Kier alpha value is -1.97. The summed E-state index contributed by atoms with van der Waals surface area (Å²) in [6.07, 6.45) is 1.73. The Bertz CT molecular complexity index is 814. The highest BCUT2D eigenvalue weighted by Gasteiger charge is 2.27. The number of sulfonamides is 1. The molecule has 1 amide bonds. The number of rotatable bonds is 5. The van der Waals surface area contributed by atoms with E-state index in [1.165, 1.54) is 12.1 Å². The highest BCUT2D eigenvalue weighted by atomic mass is 32.2. The summed E-state index contributed by atoms with van der Waals surface area (Å²) in [6, 6.07) is 6.27. The molecule has 9 heteroatoms. The molecule has 148 valence electrons. The number of hydrogen-bond donors (Lipinski definition) is 3. The molecule has 0 saturated carbocycles. The van der Waals surface area contributed by atoms with Crippen molar-refractivity contribution in [2.24, 2.45) is 4.99 Å². The van der Waals surface area contributed by atoms with Gasteiger partial charge in [0.05, 0.1) is 4.90 Å². The number of hydrogen-bond acceptors (Lipinski definition) is 5. The molecule has 2 aliphatic rings. The first-order valence-electron chi connectivity index (χ1n) is 9.27. The van der Waals surface area contributed by atoms with E-state index in [0.717, 1.165) is 24.4 Å². The molecule has 2 aliphatic heterocycles. The quantitative estimate of drug-likeness (QED) is 0.642. The van der Waals surface area contributed by atoms with Gasteiger partial charge in [0.25, 0.3) is 15.9 Å². The molecule has 0 aromatic heterocycles. The number of aliphatic imine (C=N–C) groups is 1. The summed E-state index contributed by atoms with van der Waals surface area (Å²) in [5.41, 5.74) is 0.463. The number of carbonyl (C=O) groups excluding carboxylic acids is 1. The predicted octanol–water partition coefficient (Wildman–Crippen LogP) is -0.212. The average Bonchev–Trinajstić information content (AvgIpc) is 3.06. The number of carbonyl (C=O) groups is 1. The Morgan fingerprint density at radius 2 is 2.04 bits per heavy atom. The zero-order valence-electron chi connectivity index (χ0n) is 15.7. The maximum atomic E-state index is 12.5. The Balaban J connectivity index is 1.62. The van der Waals surface area contributed by atoms with Crippen LogP contribution in [0.25, 0.3) is 0 Å². The van der Waals surface area contributed by atoms with Crippen molar-refractivity contribution in [2.45, 2.75) is 43.8 Å². The van der Waals surface area contributed by atoms with Crippen LogP contribution in [0, 0.1) is 0 Å². The maximum Gasteiger partial charge on any atom is 0.279 e. The minimum atomic E-state index is -3.70. The summed E-state index contributed by atoms with van der Waals surface area (Å²) in [5, 5.41) is 2.80. The van der Waals surface area contributed by atoms with Crippen LogP contribution in [0.5, 0.6) is 0 Å². The molecular formula is C18H27N4O4S+. The van der Waals surface area contributed by atoms with Gasteiger partial charge in [-0.15, -0.1) is 0 Å². The first-order chi connectivity index (χ1) is 12.8. The Morgan fingerprint density at radius 1 is 1.30 bits per heavy atom. The third-order valence-corrected chi connectivity index (χ3v) is 5.96. The predicted molar refractivity (Wildman–Crippen MR) is 103 cm³/mol. The summed E-state index contributed by atoms with van der Waals surface area (Å²) >= 11 is 0. The maximum absolute atomic E-state index is 12.5. The molecule has 1 unspecified atom stereocenters. The first kappa shape index (κ1) is 19.8. The van der Waals surface area contributed by atoms with Crippen LogP contribution < -0.4 is 14.9 Å². The topological polar surface area (TPSA) is 101 Å². The molecule has 3 rings (SSSR count). The highest BCUT2D eigenvalue weighted by Crippen LogP contribution is 2.16. The second-order valence-electron chi connectivity index (χ2n) is 7.21. The van der Waals surface area contributed by atoms with Crippen molar-refractivity contribution in [1.82, 2.24) is 4.72 Å². The number of anilines is 1. The summed E-state index contributed by atoms with van der Waals surface area (Å²) in [4.78, 5) is 17.8. The zero-order valence-corrected chi connectivity index (χ0v) is 16.5. The van der Waals surface area contributed by atoms with Crippen molar-refractivity contribution in [3.63, 3.8) is 0 Å². The fraction of sp³-hybridized carbons (Fsp3) is 0.556. The molecule has 8 nitrogen and oxygen atoms in total. The van der Waals surface area contributed by atoms with Gasteiger partial charge in [0, 0.05) is 18.7 Å². The molecule has 0 spiro atoms. The molecule has 2 heterocycles. The van der Waals surface area contributed by atoms with E-state index >= 15 is 0 Å². The van der Waals surface area contributed by atoms with E-state index in [-0.39, 0.29) is 23.0 Å². The second-order valence-corrected chi connectivity index (χ2v) is 8.89. The lowest BCUT2D eigenvalue weighted by atomic mass is 10.2. The van der Waals surface area contributed by atoms with Crippen LogP contribution in [0.4, 0.5) is 5.69 Å². The molecule has 27 heavy (non-hydrogen) atoms. The van der Waals surface area contributed by atoms with Gasteiger partial charge in [-0.3, -0.25) is 14.5 Å². The lowest BCUT2D eigenvalue weighted by Gasteiger charge is -2.31.